The molecule has 4 heteroatoms. The maximum Gasteiger partial charge on any atom is 0.254 e. The van der Waals surface area contributed by atoms with E-state index in [1.165, 1.54) is 0 Å². The minimum Gasteiger partial charge on any atom is -0.272 e. The summed E-state index contributed by atoms with van der Waals surface area (Å²) in [6.45, 7) is 10.1. The van der Waals surface area contributed by atoms with Gasteiger partial charge >= 0.3 is 0 Å². The Morgan fingerprint density at radius 1 is 1.00 bits per heavy atom. The van der Waals surface area contributed by atoms with Crippen LogP contribution < -0.4 is 0 Å². The number of imide groups is 1. The van der Waals surface area contributed by atoms with Gasteiger partial charge < -0.3 is 0 Å². The van der Waals surface area contributed by atoms with E-state index in [9.17, 15) is 9.59 Å². The van der Waals surface area contributed by atoms with E-state index in [1.807, 2.05) is 0 Å². The molecule has 0 atom stereocenters. The van der Waals surface area contributed by atoms with Crippen molar-refractivity contribution >= 4 is 11.8 Å². The van der Waals surface area contributed by atoms with Gasteiger partial charge in [-0.05, 0) is 19.8 Å². The molecule has 4 nitrogen and oxygen atoms in total. The van der Waals surface area contributed by atoms with Crippen molar-refractivity contribution in [3.05, 3.63) is 0 Å². The average molecular weight is 231 g/mol. The summed E-state index contributed by atoms with van der Waals surface area (Å²) in [5.74, 6) is 0.368. The van der Waals surface area contributed by atoms with Crippen molar-refractivity contribution in [2.45, 2.75) is 61.0 Å². The smallest absolute Gasteiger partial charge is 0.254 e. The monoisotopic (exact) mass is 231 g/mol. The average Bonchev–Trinajstić information content (AvgIpc) is 2.34. The van der Waals surface area contributed by atoms with Gasteiger partial charge in [-0.2, -0.15) is 5.06 Å². The summed E-state index contributed by atoms with van der Waals surface area (Å²) in [5, 5.41) is 0.866. The second kappa shape index (κ2) is 8.28. The first kappa shape index (κ1) is 17.5. The topological polar surface area (TPSA) is 46.6 Å². The van der Waals surface area contributed by atoms with Crippen molar-refractivity contribution in [1.82, 2.24) is 5.06 Å². The molecular formula is C12H25NO3. The molecule has 0 bridgehead atoms. The normalized spacial score (nSPS) is 15.1. The number of hydrogen-bond donors (Lipinski definition) is 0. The summed E-state index contributed by atoms with van der Waals surface area (Å²) in [7, 11) is 0. The third kappa shape index (κ3) is 7.40. The molecule has 0 aromatic carbocycles. The summed E-state index contributed by atoms with van der Waals surface area (Å²) in [4.78, 5) is 26.8. The van der Waals surface area contributed by atoms with Crippen molar-refractivity contribution in [2.75, 3.05) is 0 Å². The summed E-state index contributed by atoms with van der Waals surface area (Å²) in [5.41, 5.74) is 0. The minimum atomic E-state index is -0.233. The van der Waals surface area contributed by atoms with Gasteiger partial charge in [0, 0.05) is 12.8 Å². The van der Waals surface area contributed by atoms with Crippen LogP contribution in [0.3, 0.4) is 0 Å². The lowest BCUT2D eigenvalue weighted by Gasteiger charge is -2.15. The Bertz CT molecular complexity index is 206. The zero-order valence-electron chi connectivity index (χ0n) is 10.2. The second-order valence-corrected chi connectivity index (χ2v) is 4.47. The first-order valence-electron chi connectivity index (χ1n) is 5.37. The molecule has 1 rings (SSSR count). The Morgan fingerprint density at radius 2 is 1.31 bits per heavy atom. The van der Waals surface area contributed by atoms with Crippen LogP contribution in [-0.4, -0.2) is 23.0 Å². The van der Waals surface area contributed by atoms with Crippen LogP contribution >= 0.6 is 0 Å². The molecule has 1 heterocycles. The van der Waals surface area contributed by atoms with Gasteiger partial charge in [0.2, 0.25) is 0 Å². The molecule has 96 valence electrons. The Labute approximate surface area is 98.9 Å². The van der Waals surface area contributed by atoms with Crippen LogP contribution in [-0.2, 0) is 14.4 Å². The lowest BCUT2D eigenvalue weighted by Crippen LogP contribution is -2.31. The molecule has 1 saturated heterocycles. The predicted octanol–water partition coefficient (Wildman–Crippen LogP) is 2.77. The van der Waals surface area contributed by atoms with E-state index >= 15 is 0 Å². The van der Waals surface area contributed by atoms with E-state index in [0.29, 0.717) is 0 Å². The van der Waals surface area contributed by atoms with Gasteiger partial charge in [-0.15, -0.1) is 0 Å². The van der Waals surface area contributed by atoms with E-state index in [2.05, 4.69) is 20.8 Å². The minimum absolute atomic E-state index is 0. The molecule has 1 aliphatic heterocycles. The summed E-state index contributed by atoms with van der Waals surface area (Å²) in [6.07, 6.45) is 0.443. The first-order chi connectivity index (χ1) is 6.84. The molecule has 0 saturated carbocycles. The van der Waals surface area contributed by atoms with Gasteiger partial charge in [-0.3, -0.25) is 14.4 Å². The van der Waals surface area contributed by atoms with Crippen LogP contribution in [0.1, 0.15) is 54.9 Å². The van der Waals surface area contributed by atoms with Crippen LogP contribution in [0.15, 0.2) is 0 Å². The molecule has 0 spiro atoms. The summed E-state index contributed by atoms with van der Waals surface area (Å²) < 4.78 is 0. The molecule has 1 fully saturated rings. The van der Waals surface area contributed by atoms with E-state index in [-0.39, 0.29) is 38.2 Å². The molecule has 2 amide bonds. The van der Waals surface area contributed by atoms with Crippen molar-refractivity contribution in [3.8, 4) is 0 Å². The number of hydroxylamine groups is 2. The SMILES string of the molecule is C.CC(C)C.CC(C)ON1C(=O)CCC1=O. The largest absolute Gasteiger partial charge is 0.272 e. The third-order valence-electron chi connectivity index (χ3n) is 1.32. The zero-order valence-corrected chi connectivity index (χ0v) is 10.2. The van der Waals surface area contributed by atoms with Crippen molar-refractivity contribution in [2.24, 2.45) is 5.92 Å². The van der Waals surface area contributed by atoms with Crippen LogP contribution in [0.5, 0.6) is 0 Å². The fourth-order valence-electron chi connectivity index (χ4n) is 0.884. The van der Waals surface area contributed by atoms with Gasteiger partial charge in [0.25, 0.3) is 11.8 Å². The Morgan fingerprint density at radius 3 is 1.56 bits per heavy atom. The maximum absolute atomic E-state index is 10.9. The standard InChI is InChI=1S/C7H11NO3.C4H10.CH4/c1-5(2)11-8-6(9)3-4-7(8)10;1-4(2)3;/h5H,3-4H2,1-2H3;4H,1-3H3;1H4. The highest BCUT2D eigenvalue weighted by Gasteiger charge is 2.30. The van der Waals surface area contributed by atoms with E-state index in [4.69, 9.17) is 4.84 Å². The quantitative estimate of drug-likeness (QED) is 0.686. The van der Waals surface area contributed by atoms with Gasteiger partial charge in [-0.25, -0.2) is 0 Å². The number of carbonyl (C=O) groups is 2. The van der Waals surface area contributed by atoms with Crippen molar-refractivity contribution in [3.63, 3.8) is 0 Å². The number of amides is 2. The lowest BCUT2D eigenvalue weighted by atomic mass is 10.3. The number of nitrogens with zero attached hydrogens (tertiary/aromatic N) is 1. The summed E-state index contributed by atoms with van der Waals surface area (Å²) in [6, 6.07) is 0. The predicted molar refractivity (Wildman–Crippen MR) is 64.6 cm³/mol. The number of hydrogen-bond acceptors (Lipinski definition) is 3. The van der Waals surface area contributed by atoms with Gasteiger partial charge in [0.1, 0.15) is 0 Å². The Hall–Kier alpha value is -0.900. The molecule has 0 unspecified atom stereocenters. The maximum atomic E-state index is 10.9. The molecule has 0 aromatic rings. The molecular weight excluding hydrogens is 206 g/mol. The van der Waals surface area contributed by atoms with E-state index in [1.54, 1.807) is 13.8 Å². The van der Waals surface area contributed by atoms with Crippen LogP contribution in [0, 0.1) is 5.92 Å². The van der Waals surface area contributed by atoms with Gasteiger partial charge in [-0.1, -0.05) is 28.2 Å². The molecule has 0 aromatic heterocycles. The molecule has 0 N–H and O–H groups in total. The van der Waals surface area contributed by atoms with Crippen molar-refractivity contribution in [1.29, 1.82) is 0 Å². The van der Waals surface area contributed by atoms with E-state index in [0.717, 1.165) is 11.0 Å². The van der Waals surface area contributed by atoms with Crippen LogP contribution in [0.25, 0.3) is 0 Å². The van der Waals surface area contributed by atoms with Crippen molar-refractivity contribution < 1.29 is 14.4 Å². The third-order valence-corrected chi connectivity index (χ3v) is 1.32. The molecule has 1 aliphatic rings. The summed E-state index contributed by atoms with van der Waals surface area (Å²) >= 11 is 0. The van der Waals surface area contributed by atoms with E-state index < -0.39 is 0 Å². The first-order valence-corrected chi connectivity index (χ1v) is 5.37. The Balaban J connectivity index is 0. The second-order valence-electron chi connectivity index (χ2n) is 4.47. The fourth-order valence-corrected chi connectivity index (χ4v) is 0.884. The molecule has 0 aliphatic carbocycles. The van der Waals surface area contributed by atoms with Crippen LogP contribution in [0.2, 0.25) is 0 Å². The fraction of sp³-hybridized carbons (Fsp3) is 0.833. The highest BCUT2D eigenvalue weighted by atomic mass is 16.7. The van der Waals surface area contributed by atoms with Gasteiger partial charge in [0.05, 0.1) is 6.10 Å². The Kier molecular flexibility index (Phi) is 9.05. The highest BCUT2D eigenvalue weighted by Crippen LogP contribution is 2.13. The molecule has 16 heavy (non-hydrogen) atoms. The highest BCUT2D eigenvalue weighted by molar-refractivity contribution is 6.00. The lowest BCUT2D eigenvalue weighted by molar-refractivity contribution is -0.198. The number of rotatable bonds is 2. The van der Waals surface area contributed by atoms with Crippen LogP contribution in [0.4, 0.5) is 0 Å². The number of carbonyl (C=O) groups excluding carboxylic acids is 2. The zero-order chi connectivity index (χ0) is 12.0. The van der Waals surface area contributed by atoms with Gasteiger partial charge in [0.15, 0.2) is 0 Å². The molecule has 0 radical (unpaired) electrons.